The quantitative estimate of drug-likeness (QED) is 0.916. The molecule has 1 amide bonds. The Morgan fingerprint density at radius 2 is 1.81 bits per heavy atom. The molecule has 0 spiro atoms. The predicted molar refractivity (Wildman–Crippen MR) is 78.7 cm³/mol. The van der Waals surface area contributed by atoms with Gasteiger partial charge in [-0.15, -0.1) is 0 Å². The molecule has 3 rings (SSSR count). The van der Waals surface area contributed by atoms with Gasteiger partial charge in [0.25, 0.3) is 5.56 Å². The van der Waals surface area contributed by atoms with Crippen molar-refractivity contribution in [2.75, 3.05) is 18.0 Å². The Balaban J connectivity index is 1.87. The van der Waals surface area contributed by atoms with E-state index in [0.29, 0.717) is 13.1 Å². The smallest absolute Gasteiger partial charge is 0.414 e. The fourth-order valence-electron chi connectivity index (χ4n) is 2.29. The van der Waals surface area contributed by atoms with E-state index >= 15 is 0 Å². The van der Waals surface area contributed by atoms with Gasteiger partial charge in [0.15, 0.2) is 0 Å². The van der Waals surface area contributed by atoms with Gasteiger partial charge in [0.1, 0.15) is 6.10 Å². The lowest BCUT2D eigenvalue weighted by molar-refractivity contribution is 0.145. The zero-order valence-corrected chi connectivity index (χ0v) is 11.3. The van der Waals surface area contributed by atoms with Crippen LogP contribution in [-0.2, 0) is 4.74 Å². The van der Waals surface area contributed by atoms with Gasteiger partial charge < -0.3 is 10.5 Å². The van der Waals surface area contributed by atoms with Crippen molar-refractivity contribution >= 4 is 11.8 Å². The standard InChI is InChI=1S/C15H15N3O3/c16-9-13-10-18(15(20)21-13)12-6-4-11(5-7-12)17-8-2-1-3-14(17)19/h1-8,13H,9-10,16H2/t13-/m0/s1. The van der Waals surface area contributed by atoms with Crippen molar-refractivity contribution in [2.45, 2.75) is 6.10 Å². The number of rotatable bonds is 3. The van der Waals surface area contributed by atoms with Gasteiger partial charge in [0.05, 0.1) is 6.54 Å². The Morgan fingerprint density at radius 3 is 2.43 bits per heavy atom. The van der Waals surface area contributed by atoms with Crippen LogP contribution in [0.3, 0.4) is 0 Å². The van der Waals surface area contributed by atoms with Crippen LogP contribution in [0.25, 0.3) is 5.69 Å². The van der Waals surface area contributed by atoms with E-state index in [1.807, 2.05) is 0 Å². The Morgan fingerprint density at radius 1 is 1.10 bits per heavy atom. The molecule has 2 aromatic rings. The second-order valence-corrected chi connectivity index (χ2v) is 4.78. The van der Waals surface area contributed by atoms with Crippen LogP contribution in [0.5, 0.6) is 0 Å². The topological polar surface area (TPSA) is 77.6 Å². The van der Waals surface area contributed by atoms with Gasteiger partial charge >= 0.3 is 6.09 Å². The lowest BCUT2D eigenvalue weighted by Gasteiger charge is -2.13. The fraction of sp³-hybridized carbons (Fsp3) is 0.200. The number of hydrogen-bond acceptors (Lipinski definition) is 4. The number of anilines is 1. The molecule has 2 heterocycles. The minimum Gasteiger partial charge on any atom is -0.443 e. The highest BCUT2D eigenvalue weighted by molar-refractivity contribution is 5.89. The van der Waals surface area contributed by atoms with Crippen LogP contribution in [-0.4, -0.2) is 29.9 Å². The Hall–Kier alpha value is -2.60. The summed E-state index contributed by atoms with van der Waals surface area (Å²) < 4.78 is 6.65. The van der Waals surface area contributed by atoms with Crippen LogP contribution in [0.1, 0.15) is 0 Å². The van der Waals surface area contributed by atoms with E-state index in [9.17, 15) is 9.59 Å². The van der Waals surface area contributed by atoms with Gasteiger partial charge in [-0.1, -0.05) is 6.07 Å². The van der Waals surface area contributed by atoms with E-state index in [1.165, 1.54) is 15.5 Å². The van der Waals surface area contributed by atoms with Gasteiger partial charge in [0, 0.05) is 30.2 Å². The maximum Gasteiger partial charge on any atom is 0.414 e. The summed E-state index contributed by atoms with van der Waals surface area (Å²) in [5, 5.41) is 0. The van der Waals surface area contributed by atoms with E-state index in [4.69, 9.17) is 10.5 Å². The summed E-state index contributed by atoms with van der Waals surface area (Å²) in [6.45, 7) is 0.750. The molecule has 2 N–H and O–H groups in total. The number of nitrogens with zero attached hydrogens (tertiary/aromatic N) is 2. The number of aromatic nitrogens is 1. The van der Waals surface area contributed by atoms with E-state index in [-0.39, 0.29) is 11.7 Å². The molecule has 1 aliphatic heterocycles. The number of benzene rings is 1. The predicted octanol–water partition coefficient (Wildman–Crippen LogP) is 1.12. The minimum atomic E-state index is -0.393. The molecule has 0 saturated carbocycles. The Kier molecular flexibility index (Phi) is 3.45. The van der Waals surface area contributed by atoms with Crippen LogP contribution in [0.4, 0.5) is 10.5 Å². The number of pyridine rings is 1. The largest absolute Gasteiger partial charge is 0.443 e. The third kappa shape index (κ3) is 2.53. The average Bonchev–Trinajstić information content (AvgIpc) is 2.89. The van der Waals surface area contributed by atoms with E-state index in [2.05, 4.69) is 0 Å². The fourth-order valence-corrected chi connectivity index (χ4v) is 2.29. The van der Waals surface area contributed by atoms with Gasteiger partial charge in [-0.2, -0.15) is 0 Å². The molecule has 0 unspecified atom stereocenters. The number of hydrogen-bond donors (Lipinski definition) is 1. The highest BCUT2D eigenvalue weighted by Gasteiger charge is 2.31. The zero-order chi connectivity index (χ0) is 14.8. The number of carbonyl (C=O) groups excluding carboxylic acids is 1. The second-order valence-electron chi connectivity index (χ2n) is 4.78. The van der Waals surface area contributed by atoms with Crippen LogP contribution in [0.2, 0.25) is 0 Å². The number of amides is 1. The minimum absolute atomic E-state index is 0.103. The molecule has 1 aromatic heterocycles. The molecule has 1 atom stereocenters. The van der Waals surface area contributed by atoms with E-state index < -0.39 is 6.09 Å². The summed E-state index contributed by atoms with van der Waals surface area (Å²) in [4.78, 5) is 25.0. The summed E-state index contributed by atoms with van der Waals surface area (Å²) in [5.74, 6) is 0. The molecule has 1 saturated heterocycles. The van der Waals surface area contributed by atoms with Gasteiger partial charge in [-0.05, 0) is 30.3 Å². The zero-order valence-electron chi connectivity index (χ0n) is 11.3. The highest BCUT2D eigenvalue weighted by atomic mass is 16.6. The van der Waals surface area contributed by atoms with Crippen LogP contribution < -0.4 is 16.2 Å². The van der Waals surface area contributed by atoms with Crippen molar-refractivity contribution in [3.05, 3.63) is 59.0 Å². The van der Waals surface area contributed by atoms with Crippen LogP contribution in [0, 0.1) is 0 Å². The van der Waals surface area contributed by atoms with Gasteiger partial charge in [0.2, 0.25) is 0 Å². The summed E-state index contributed by atoms with van der Waals surface area (Å²) in [6, 6.07) is 12.1. The summed E-state index contributed by atoms with van der Waals surface area (Å²) in [6.07, 6.45) is 1.04. The maximum absolute atomic E-state index is 11.8. The van der Waals surface area contributed by atoms with Crippen molar-refractivity contribution in [1.29, 1.82) is 0 Å². The first kappa shape index (κ1) is 13.4. The molecule has 1 aliphatic rings. The Labute approximate surface area is 121 Å². The molecular weight excluding hydrogens is 270 g/mol. The first-order valence-corrected chi connectivity index (χ1v) is 6.65. The average molecular weight is 285 g/mol. The molecule has 21 heavy (non-hydrogen) atoms. The number of cyclic esters (lactones) is 1. The lowest BCUT2D eigenvalue weighted by Crippen LogP contribution is -2.27. The monoisotopic (exact) mass is 285 g/mol. The number of carbonyl (C=O) groups is 1. The number of ether oxygens (including phenoxy) is 1. The third-order valence-electron chi connectivity index (χ3n) is 3.40. The van der Waals surface area contributed by atoms with Crippen molar-refractivity contribution in [3.8, 4) is 5.69 Å². The summed E-state index contributed by atoms with van der Waals surface area (Å²) in [7, 11) is 0. The molecule has 6 nitrogen and oxygen atoms in total. The molecule has 1 fully saturated rings. The lowest BCUT2D eigenvalue weighted by atomic mass is 10.2. The summed E-state index contributed by atoms with van der Waals surface area (Å²) >= 11 is 0. The molecule has 0 radical (unpaired) electrons. The number of nitrogens with two attached hydrogens (primary N) is 1. The molecular formula is C15H15N3O3. The van der Waals surface area contributed by atoms with Crippen LogP contribution in [0.15, 0.2) is 53.5 Å². The van der Waals surface area contributed by atoms with Gasteiger partial charge in [-0.25, -0.2) is 4.79 Å². The van der Waals surface area contributed by atoms with Gasteiger partial charge in [-0.3, -0.25) is 14.3 Å². The van der Waals surface area contributed by atoms with Crippen molar-refractivity contribution in [2.24, 2.45) is 5.73 Å². The molecule has 6 heteroatoms. The van der Waals surface area contributed by atoms with Crippen LogP contribution >= 0.6 is 0 Å². The van der Waals surface area contributed by atoms with Crippen molar-refractivity contribution < 1.29 is 9.53 Å². The molecule has 0 aliphatic carbocycles. The van der Waals surface area contributed by atoms with Crippen molar-refractivity contribution in [3.63, 3.8) is 0 Å². The molecule has 1 aromatic carbocycles. The first-order chi connectivity index (χ1) is 10.2. The van der Waals surface area contributed by atoms with Crippen molar-refractivity contribution in [1.82, 2.24) is 4.57 Å². The van der Waals surface area contributed by atoms with E-state index in [0.717, 1.165) is 11.4 Å². The SMILES string of the molecule is NC[C@H]1CN(c2ccc(-n3ccccc3=O)cc2)C(=O)O1. The highest BCUT2D eigenvalue weighted by Crippen LogP contribution is 2.22. The molecule has 0 bridgehead atoms. The second kappa shape index (κ2) is 5.41. The first-order valence-electron chi connectivity index (χ1n) is 6.65. The van der Waals surface area contributed by atoms with E-state index in [1.54, 1.807) is 42.6 Å². The Bertz CT molecular complexity index is 709. The molecule has 108 valence electrons. The summed E-state index contributed by atoms with van der Waals surface area (Å²) in [5.41, 5.74) is 6.88. The maximum atomic E-state index is 11.8. The third-order valence-corrected chi connectivity index (χ3v) is 3.40. The normalized spacial score (nSPS) is 17.9.